The van der Waals surface area contributed by atoms with Crippen molar-refractivity contribution in [1.82, 2.24) is 49.0 Å². The van der Waals surface area contributed by atoms with E-state index in [9.17, 15) is 36.0 Å². The first-order chi connectivity index (χ1) is 38.1. The number of rotatable bonds is 14. The SMILES string of the molecule is COC(=O)NC(C(=O)N1CCN(S(C)(=O)=O)CC1c1ncc(-c2ccc(-c3cc4ccc3CCc3ccc(c(-c5ccc(-c6cnc(C7CN(S(C)(=O)=O)CCN7C(=O)C(NC(=O)OC)C(C)C)[nH]6)cc5)c3)CC4)cc2)[nH]1)C(C)C. The van der Waals surface area contributed by atoms with Gasteiger partial charge in [-0.1, -0.05) is 113 Å². The molecule has 20 nitrogen and oxygen atoms in total. The van der Waals surface area contributed by atoms with E-state index < -0.39 is 56.4 Å². The van der Waals surface area contributed by atoms with Crippen LogP contribution in [0, 0.1) is 11.8 Å². The van der Waals surface area contributed by atoms with Crippen LogP contribution in [0.3, 0.4) is 0 Å². The Morgan fingerprint density at radius 2 is 0.900 bits per heavy atom. The highest BCUT2D eigenvalue weighted by atomic mass is 32.2. The minimum Gasteiger partial charge on any atom is -0.453 e. The van der Waals surface area contributed by atoms with E-state index in [1.165, 1.54) is 45.1 Å². The Hall–Kier alpha value is -7.40. The van der Waals surface area contributed by atoms with E-state index in [0.29, 0.717) is 23.0 Å². The van der Waals surface area contributed by atoms with Crippen molar-refractivity contribution in [3.05, 3.63) is 131 Å². The summed E-state index contributed by atoms with van der Waals surface area (Å²) in [6, 6.07) is 26.8. The predicted molar refractivity (Wildman–Crippen MR) is 304 cm³/mol. The van der Waals surface area contributed by atoms with Crippen LogP contribution in [0.4, 0.5) is 9.59 Å². The van der Waals surface area contributed by atoms with Crippen LogP contribution < -0.4 is 10.6 Å². The second-order valence-electron chi connectivity index (χ2n) is 21.6. The van der Waals surface area contributed by atoms with Crippen molar-refractivity contribution in [3.63, 3.8) is 0 Å². The van der Waals surface area contributed by atoms with Crippen molar-refractivity contribution in [3.8, 4) is 44.8 Å². The van der Waals surface area contributed by atoms with Gasteiger partial charge in [0.25, 0.3) is 0 Å². The van der Waals surface area contributed by atoms with Gasteiger partial charge in [-0.15, -0.1) is 0 Å². The highest BCUT2D eigenvalue weighted by Gasteiger charge is 2.42. The summed E-state index contributed by atoms with van der Waals surface area (Å²) < 4.78 is 63.3. The number of piperazine rings is 2. The van der Waals surface area contributed by atoms with Gasteiger partial charge in [-0.2, -0.15) is 8.61 Å². The van der Waals surface area contributed by atoms with Gasteiger partial charge >= 0.3 is 12.2 Å². The van der Waals surface area contributed by atoms with E-state index >= 15 is 0 Å². The molecular weight excluding hydrogens is 1060 g/mol. The van der Waals surface area contributed by atoms with Crippen molar-refractivity contribution >= 4 is 44.0 Å². The molecule has 0 saturated carbocycles. The van der Waals surface area contributed by atoms with Crippen LogP contribution in [0.5, 0.6) is 0 Å². The smallest absolute Gasteiger partial charge is 0.407 e. The average Bonchev–Trinajstić information content (AvgIpc) is 4.15. The van der Waals surface area contributed by atoms with Gasteiger partial charge in [-0.25, -0.2) is 36.4 Å². The second kappa shape index (κ2) is 23.7. The van der Waals surface area contributed by atoms with E-state index in [4.69, 9.17) is 9.47 Å². The number of hydrogen-bond donors (Lipinski definition) is 4. The fraction of sp³-hybridized carbons (Fsp3) is 0.414. The standard InChI is InChI=1S/C58H70N10O10S2/c1-35(2)51(63-57(71)77-5)55(69)67-27-25-65(79(7,73)74)33-49(67)53-59-31-47(61-53)43-21-17-41(18-22-43)45-29-37-9-13-39(45)15-11-38-10-14-40(16-12-37)46(30-38)42-19-23-44(24-20-42)48-32-60-54(62-48)50-34-66(80(8,75)76)26-28-68(50)56(70)52(36(3)4)64-58(72)78-6/h9-10,13-14,17-24,29-32,35-36,49-52H,11-12,15-16,25-28,33-34H2,1-8H3,(H,59,61)(H,60,62)(H,63,71)(H,64,72). The molecule has 0 radical (unpaired) electrons. The summed E-state index contributed by atoms with van der Waals surface area (Å²) in [4.78, 5) is 71.9. The number of sulfonamides is 2. The summed E-state index contributed by atoms with van der Waals surface area (Å²) in [5.74, 6) is -0.396. The summed E-state index contributed by atoms with van der Waals surface area (Å²) in [5, 5.41) is 5.30. The quantitative estimate of drug-likeness (QED) is 0.0886. The minimum absolute atomic E-state index is 0.00191. The molecular formula is C58H70N10O10S2. The van der Waals surface area contributed by atoms with Gasteiger partial charge in [-0.3, -0.25) is 9.59 Å². The first-order valence-electron chi connectivity index (χ1n) is 26.8. The number of methoxy groups -OCH3 is 2. The molecule has 4 atom stereocenters. The highest BCUT2D eigenvalue weighted by Crippen LogP contribution is 2.36. The predicted octanol–water partition coefficient (Wildman–Crippen LogP) is 6.74. The fourth-order valence-corrected chi connectivity index (χ4v) is 12.6. The number of ether oxygens (including phenoxy) is 2. The molecule has 2 fully saturated rings. The first-order valence-corrected chi connectivity index (χ1v) is 30.5. The van der Waals surface area contributed by atoms with Crippen molar-refractivity contribution < 1.29 is 45.5 Å². The number of H-pyrrole nitrogens is 2. The van der Waals surface area contributed by atoms with Crippen LogP contribution in [0.1, 0.15) is 73.7 Å². The highest BCUT2D eigenvalue weighted by molar-refractivity contribution is 7.88. The molecule has 6 aliphatic rings. The van der Waals surface area contributed by atoms with Gasteiger partial charge < -0.3 is 39.9 Å². The van der Waals surface area contributed by atoms with Crippen LogP contribution in [-0.4, -0.2) is 157 Å². The Bertz CT molecular complexity index is 3260. The molecule has 0 spiro atoms. The third-order valence-electron chi connectivity index (χ3n) is 15.5. The average molecular weight is 1130 g/mol. The number of carbonyl (C=O) groups excluding carboxylic acids is 4. The van der Waals surface area contributed by atoms with Gasteiger partial charge in [0.15, 0.2) is 0 Å². The maximum atomic E-state index is 14.1. The van der Waals surface area contributed by atoms with Crippen LogP contribution in [0.25, 0.3) is 44.8 Å². The van der Waals surface area contributed by atoms with E-state index in [1.54, 1.807) is 22.2 Å². The van der Waals surface area contributed by atoms with Gasteiger partial charge in [0.1, 0.15) is 35.8 Å². The summed E-state index contributed by atoms with van der Waals surface area (Å²) >= 11 is 0. The Kier molecular flexibility index (Phi) is 17.0. The second-order valence-corrected chi connectivity index (χ2v) is 25.5. The van der Waals surface area contributed by atoms with Crippen molar-refractivity contribution in [2.45, 2.75) is 77.5 Å². The third-order valence-corrected chi connectivity index (χ3v) is 18.1. The summed E-state index contributed by atoms with van der Waals surface area (Å²) in [6.07, 6.45) is 7.46. The number of alkyl carbamates (subject to hydrolysis) is 2. The molecule has 424 valence electrons. The number of aromatic amines is 2. The van der Waals surface area contributed by atoms with E-state index in [-0.39, 0.29) is 62.9 Å². The van der Waals surface area contributed by atoms with E-state index in [0.717, 1.165) is 71.6 Å². The maximum absolute atomic E-state index is 14.1. The van der Waals surface area contributed by atoms with Crippen LogP contribution in [0.15, 0.2) is 97.3 Å². The number of nitrogens with zero attached hydrogens (tertiary/aromatic N) is 6. The zero-order chi connectivity index (χ0) is 57.2. The topological polar surface area (TPSA) is 249 Å². The molecule has 4 bridgehead atoms. The Morgan fingerprint density at radius 3 is 1.24 bits per heavy atom. The van der Waals surface area contributed by atoms with Gasteiger partial charge in [-0.05, 0) is 93.2 Å². The third kappa shape index (κ3) is 12.6. The molecule has 12 rings (SSSR count). The Labute approximate surface area is 467 Å². The van der Waals surface area contributed by atoms with Gasteiger partial charge in [0, 0.05) is 39.3 Å². The summed E-state index contributed by atoms with van der Waals surface area (Å²) in [7, 11) is -4.70. The van der Waals surface area contributed by atoms with Crippen LogP contribution in [-0.2, 0) is 64.8 Å². The first kappa shape index (κ1) is 57.3. The monoisotopic (exact) mass is 1130 g/mol. The lowest BCUT2D eigenvalue weighted by molar-refractivity contribution is -0.139. The molecule has 6 aromatic rings. The normalized spacial score (nSPS) is 18.1. The number of nitrogens with one attached hydrogen (secondary N) is 4. The summed E-state index contributed by atoms with van der Waals surface area (Å²) in [6.45, 7) is 7.72. The zero-order valence-electron chi connectivity index (χ0n) is 46.4. The Balaban J connectivity index is 0.909. The lowest BCUT2D eigenvalue weighted by atomic mass is 9.87. The van der Waals surface area contributed by atoms with Crippen LogP contribution in [0.2, 0.25) is 0 Å². The molecule has 4 N–H and O–H groups in total. The number of benzene rings is 4. The number of aryl methyl sites for hydroxylation is 4. The molecule has 4 heterocycles. The molecule has 80 heavy (non-hydrogen) atoms. The van der Waals surface area contributed by atoms with Gasteiger partial charge in [0.2, 0.25) is 31.9 Å². The molecule has 22 heteroatoms. The number of amides is 4. The van der Waals surface area contributed by atoms with Crippen molar-refractivity contribution in [2.75, 3.05) is 66.0 Å². The molecule has 2 aliphatic heterocycles. The number of aromatic nitrogens is 4. The zero-order valence-corrected chi connectivity index (χ0v) is 48.0. The largest absolute Gasteiger partial charge is 0.453 e. The van der Waals surface area contributed by atoms with Crippen LogP contribution >= 0.6 is 0 Å². The van der Waals surface area contributed by atoms with Gasteiger partial charge in [0.05, 0.1) is 50.5 Å². The molecule has 4 unspecified atom stereocenters. The maximum Gasteiger partial charge on any atom is 0.407 e. The molecule has 4 aromatic carbocycles. The number of hydrogen-bond acceptors (Lipinski definition) is 12. The van der Waals surface area contributed by atoms with Crippen molar-refractivity contribution in [1.29, 1.82) is 0 Å². The molecule has 2 aromatic heterocycles. The molecule has 2 saturated heterocycles. The lowest BCUT2D eigenvalue weighted by Crippen LogP contribution is -2.58. The van der Waals surface area contributed by atoms with E-state index in [1.807, 2.05) is 52.0 Å². The fourth-order valence-electron chi connectivity index (χ4n) is 10.9. The van der Waals surface area contributed by atoms with Crippen molar-refractivity contribution in [2.24, 2.45) is 11.8 Å². The molecule has 4 aliphatic carbocycles. The summed E-state index contributed by atoms with van der Waals surface area (Å²) in [5.41, 5.74) is 12.5. The number of carbonyl (C=O) groups is 4. The Morgan fingerprint density at radius 1 is 0.537 bits per heavy atom. The van der Waals surface area contributed by atoms with E-state index in [2.05, 4.69) is 91.2 Å². The lowest BCUT2D eigenvalue weighted by Gasteiger charge is -2.41. The minimum atomic E-state index is -3.58. The number of imidazole rings is 2. The molecule has 4 amide bonds.